The molecule has 1 aliphatic heterocycles. The molecule has 1 aromatic heterocycles. The first kappa shape index (κ1) is 23.8. The molecule has 0 unspecified atom stereocenters. The summed E-state index contributed by atoms with van der Waals surface area (Å²) in [6.07, 6.45) is 0. The van der Waals surface area contributed by atoms with E-state index in [-0.39, 0.29) is 0 Å². The van der Waals surface area contributed by atoms with E-state index in [9.17, 15) is 0 Å². The highest BCUT2D eigenvalue weighted by atomic mass is 31.2. The number of aromatic nitrogens is 1. The first-order valence-corrected chi connectivity index (χ1v) is 15.3. The molecule has 6 aromatic carbocycles. The van der Waals surface area contributed by atoms with Crippen molar-refractivity contribution in [2.24, 2.45) is 0 Å². The van der Waals surface area contributed by atoms with E-state index in [0.717, 1.165) is 61.0 Å². The molecule has 0 fully saturated rings. The summed E-state index contributed by atoms with van der Waals surface area (Å²) in [7, 11) is -3.29. The molecule has 0 spiro atoms. The number of nitrogens with zero attached hydrogens (tertiary/aromatic N) is 2. The number of rotatable bonds is 4. The second kappa shape index (κ2) is 9.26. The minimum Gasteiger partial charge on any atom is -0.453 e. The van der Waals surface area contributed by atoms with Gasteiger partial charge in [-0.25, -0.2) is 0 Å². The van der Waals surface area contributed by atoms with Crippen molar-refractivity contribution in [1.82, 2.24) is 4.34 Å². The highest BCUT2D eigenvalue weighted by Gasteiger charge is 2.33. The van der Waals surface area contributed by atoms with Crippen LogP contribution in [0.15, 0.2) is 152 Å². The molecule has 0 bridgehead atoms. The highest BCUT2D eigenvalue weighted by Crippen LogP contribution is 2.53. The molecule has 7 aromatic rings. The van der Waals surface area contributed by atoms with Crippen LogP contribution in [0.4, 0.5) is 17.1 Å². The average Bonchev–Trinajstić information content (AvgIpc) is 3.38. The molecular weight excluding hydrogens is 523 g/mol. The first-order chi connectivity index (χ1) is 20.2. The molecule has 0 saturated heterocycles. The van der Waals surface area contributed by atoms with Gasteiger partial charge < -0.3 is 9.64 Å². The van der Waals surface area contributed by atoms with E-state index in [1.54, 1.807) is 0 Å². The van der Waals surface area contributed by atoms with Crippen LogP contribution in [0.2, 0.25) is 0 Å². The maximum atomic E-state index is 15.6. The summed E-state index contributed by atoms with van der Waals surface area (Å²) < 4.78 is 23.9. The summed E-state index contributed by atoms with van der Waals surface area (Å²) in [5.74, 6) is 1.62. The Kier molecular flexibility index (Phi) is 5.38. The van der Waals surface area contributed by atoms with E-state index in [1.807, 2.05) is 109 Å². The summed E-state index contributed by atoms with van der Waals surface area (Å²) in [5, 5.41) is 3.71. The molecule has 8 rings (SSSR count). The van der Waals surface area contributed by atoms with Gasteiger partial charge in [0, 0.05) is 27.1 Å². The van der Waals surface area contributed by atoms with Gasteiger partial charge in [-0.1, -0.05) is 78.9 Å². The number of benzene rings is 6. The fraction of sp³-hybridized carbons (Fsp3) is 0. The number of anilines is 3. The Morgan fingerprint density at radius 1 is 0.488 bits per heavy atom. The van der Waals surface area contributed by atoms with Crippen molar-refractivity contribution in [3.8, 4) is 11.5 Å². The molecule has 0 amide bonds. The van der Waals surface area contributed by atoms with Gasteiger partial charge in [0.25, 0.3) is 0 Å². The highest BCUT2D eigenvalue weighted by molar-refractivity contribution is 7.77. The van der Waals surface area contributed by atoms with Crippen LogP contribution in [0.1, 0.15) is 0 Å². The summed E-state index contributed by atoms with van der Waals surface area (Å²) in [4.78, 5) is 2.24. The minimum atomic E-state index is -3.29. The van der Waals surface area contributed by atoms with Crippen LogP contribution in [0.25, 0.3) is 21.8 Å². The Bertz CT molecular complexity index is 2030. The Morgan fingerprint density at radius 2 is 1.00 bits per heavy atom. The molecule has 0 radical (unpaired) electrons. The maximum absolute atomic E-state index is 15.6. The number of hydrogen-bond acceptors (Lipinski definition) is 3. The van der Waals surface area contributed by atoms with Gasteiger partial charge in [0.15, 0.2) is 11.5 Å². The summed E-state index contributed by atoms with van der Waals surface area (Å²) >= 11 is 0. The fourth-order valence-electron chi connectivity index (χ4n) is 6.01. The van der Waals surface area contributed by atoms with Gasteiger partial charge in [0.05, 0.1) is 22.4 Å². The lowest BCUT2D eigenvalue weighted by Crippen LogP contribution is -2.21. The SMILES string of the molecule is O=P(c1ccccc1)(c1ccccc1)n1c2ccccc2c2cc(N3c4ccccc4Oc4ccccc43)ccc21. The second-order valence-electron chi connectivity index (χ2n) is 10.2. The fourth-order valence-corrected chi connectivity index (χ4v) is 8.87. The van der Waals surface area contributed by atoms with Crippen molar-refractivity contribution in [1.29, 1.82) is 0 Å². The van der Waals surface area contributed by atoms with Crippen LogP contribution in [-0.4, -0.2) is 4.34 Å². The van der Waals surface area contributed by atoms with Gasteiger partial charge in [0.1, 0.15) is 0 Å². The monoisotopic (exact) mass is 548 g/mol. The van der Waals surface area contributed by atoms with E-state index in [0.29, 0.717) is 0 Å². The quantitative estimate of drug-likeness (QED) is 0.206. The van der Waals surface area contributed by atoms with Crippen LogP contribution < -0.4 is 20.2 Å². The van der Waals surface area contributed by atoms with Crippen molar-refractivity contribution in [2.75, 3.05) is 4.90 Å². The Morgan fingerprint density at radius 3 is 1.63 bits per heavy atom. The molecule has 0 aliphatic carbocycles. The molecule has 2 heterocycles. The number of fused-ring (bicyclic) bond motifs is 5. The zero-order valence-electron chi connectivity index (χ0n) is 22.1. The Hall–Kier alpha value is -5.05. The standard InChI is InChI=1S/C36H25N2O2P/c39-41(27-13-3-1-4-14-27,28-15-5-2-6-16-28)38-31-18-8-7-17-29(31)30-25-26(23-24-32(30)38)37-33-19-9-11-21-35(33)40-36-22-12-10-20-34(36)37/h1-25H. The molecule has 1 aliphatic rings. The Labute approximate surface area is 238 Å². The van der Waals surface area contributed by atoms with Crippen molar-refractivity contribution in [2.45, 2.75) is 0 Å². The van der Waals surface area contributed by atoms with Gasteiger partial charge in [-0.3, -0.25) is 8.90 Å². The Balaban J connectivity index is 1.43. The van der Waals surface area contributed by atoms with Gasteiger partial charge in [-0.15, -0.1) is 0 Å². The molecule has 5 heteroatoms. The van der Waals surface area contributed by atoms with E-state index in [4.69, 9.17) is 4.74 Å². The lowest BCUT2D eigenvalue weighted by Gasteiger charge is -2.32. The normalized spacial score (nSPS) is 12.6. The van der Waals surface area contributed by atoms with E-state index < -0.39 is 7.29 Å². The van der Waals surface area contributed by atoms with Gasteiger partial charge in [-0.2, -0.15) is 0 Å². The smallest absolute Gasteiger partial charge is 0.234 e. The summed E-state index contributed by atoms with van der Waals surface area (Å²) in [6.45, 7) is 0. The second-order valence-corrected chi connectivity index (χ2v) is 12.7. The number of ether oxygens (including phenoxy) is 1. The van der Waals surface area contributed by atoms with E-state index >= 15 is 4.57 Å². The van der Waals surface area contributed by atoms with Crippen LogP contribution in [0.5, 0.6) is 11.5 Å². The topological polar surface area (TPSA) is 34.5 Å². The zero-order valence-corrected chi connectivity index (χ0v) is 23.0. The molecule has 0 saturated carbocycles. The predicted octanol–water partition coefficient (Wildman–Crippen LogP) is 9.15. The number of hydrogen-bond donors (Lipinski definition) is 0. The lowest BCUT2D eigenvalue weighted by atomic mass is 10.1. The van der Waals surface area contributed by atoms with E-state index in [1.165, 1.54) is 0 Å². The lowest BCUT2D eigenvalue weighted by molar-refractivity contribution is 0.477. The van der Waals surface area contributed by atoms with Crippen molar-refractivity contribution in [3.63, 3.8) is 0 Å². The van der Waals surface area contributed by atoms with Gasteiger partial charge in [0.2, 0.25) is 7.29 Å². The van der Waals surface area contributed by atoms with Crippen molar-refractivity contribution in [3.05, 3.63) is 152 Å². The predicted molar refractivity (Wildman–Crippen MR) is 169 cm³/mol. The van der Waals surface area contributed by atoms with Crippen LogP contribution in [0, 0.1) is 0 Å². The molecule has 0 N–H and O–H groups in total. The maximum Gasteiger partial charge on any atom is 0.234 e. The van der Waals surface area contributed by atoms with E-state index in [2.05, 4.69) is 51.7 Å². The molecule has 41 heavy (non-hydrogen) atoms. The van der Waals surface area contributed by atoms with Crippen LogP contribution in [0.3, 0.4) is 0 Å². The third-order valence-electron chi connectivity index (χ3n) is 7.82. The third kappa shape index (κ3) is 3.58. The third-order valence-corrected chi connectivity index (χ3v) is 10.8. The summed E-state index contributed by atoms with van der Waals surface area (Å²) in [5.41, 5.74) is 4.85. The molecular formula is C36H25N2O2P. The largest absolute Gasteiger partial charge is 0.453 e. The molecule has 4 nitrogen and oxygen atoms in total. The van der Waals surface area contributed by atoms with Crippen molar-refractivity contribution >= 4 is 56.8 Å². The zero-order chi connectivity index (χ0) is 27.4. The number of para-hydroxylation sites is 5. The van der Waals surface area contributed by atoms with Gasteiger partial charge in [-0.05, 0) is 72.8 Å². The van der Waals surface area contributed by atoms with Crippen LogP contribution in [-0.2, 0) is 4.57 Å². The van der Waals surface area contributed by atoms with Crippen LogP contribution >= 0.6 is 7.29 Å². The average molecular weight is 549 g/mol. The van der Waals surface area contributed by atoms with Gasteiger partial charge >= 0.3 is 0 Å². The first-order valence-electron chi connectivity index (χ1n) is 13.6. The molecule has 196 valence electrons. The molecule has 0 atom stereocenters. The minimum absolute atomic E-state index is 0.800. The van der Waals surface area contributed by atoms with Crippen molar-refractivity contribution < 1.29 is 9.30 Å². The summed E-state index contributed by atoms with van der Waals surface area (Å²) in [6, 6.07) is 50.6.